The Morgan fingerprint density at radius 3 is 2.64 bits per heavy atom. The predicted octanol–water partition coefficient (Wildman–Crippen LogP) is 6.60. The van der Waals surface area contributed by atoms with Crippen LogP contribution in [-0.2, 0) is 0 Å². The molecule has 0 atom stereocenters. The number of ether oxygens (including phenoxy) is 2. The average Bonchev–Trinajstić information content (AvgIpc) is 2.87. The van der Waals surface area contributed by atoms with Crippen LogP contribution in [0.15, 0.2) is 77.1 Å². The van der Waals surface area contributed by atoms with Crippen LogP contribution in [0.1, 0.15) is 36.5 Å². The van der Waals surface area contributed by atoms with Gasteiger partial charge in [0.05, 0.1) is 24.2 Å². The first kappa shape index (κ1) is 25.2. The third-order valence-electron chi connectivity index (χ3n) is 5.83. The quantitative estimate of drug-likeness (QED) is 0.201. The molecule has 0 aliphatic rings. The molecular weight excluding hydrogens is 474 g/mol. The van der Waals surface area contributed by atoms with E-state index in [1.54, 1.807) is 43.7 Å². The van der Waals surface area contributed by atoms with E-state index in [0.29, 0.717) is 39.7 Å². The van der Waals surface area contributed by atoms with Crippen molar-refractivity contribution in [1.82, 2.24) is 9.66 Å². The number of hydrogen-bond acceptors (Lipinski definition) is 5. The van der Waals surface area contributed by atoms with E-state index >= 15 is 0 Å². The molecule has 3 aromatic carbocycles. The third-order valence-corrected chi connectivity index (χ3v) is 6.07. The van der Waals surface area contributed by atoms with Crippen molar-refractivity contribution in [2.24, 2.45) is 5.10 Å². The molecule has 7 heteroatoms. The smallest absolute Gasteiger partial charge is 0.282 e. The maximum Gasteiger partial charge on any atom is 0.282 e. The Bertz CT molecular complexity index is 1520. The maximum absolute atomic E-state index is 13.6. The van der Waals surface area contributed by atoms with E-state index in [-0.39, 0.29) is 11.5 Å². The molecule has 0 saturated heterocycles. The van der Waals surface area contributed by atoms with Crippen molar-refractivity contribution < 1.29 is 9.47 Å². The van der Waals surface area contributed by atoms with E-state index in [0.717, 1.165) is 22.4 Å². The van der Waals surface area contributed by atoms with Gasteiger partial charge >= 0.3 is 0 Å². The van der Waals surface area contributed by atoms with Gasteiger partial charge < -0.3 is 9.47 Å². The second-order valence-corrected chi connectivity index (χ2v) is 9.10. The van der Waals surface area contributed by atoms with Crippen LogP contribution in [-0.4, -0.2) is 29.6 Å². The molecule has 0 saturated carbocycles. The monoisotopic (exact) mass is 501 g/mol. The van der Waals surface area contributed by atoms with E-state index < -0.39 is 0 Å². The molecule has 0 N–H and O–H groups in total. The molecule has 36 heavy (non-hydrogen) atoms. The molecule has 0 aliphatic heterocycles. The summed E-state index contributed by atoms with van der Waals surface area (Å²) >= 11 is 6.24. The molecule has 4 rings (SSSR count). The minimum Gasteiger partial charge on any atom is -0.496 e. The molecule has 0 spiro atoms. The van der Waals surface area contributed by atoms with Crippen molar-refractivity contribution in [2.75, 3.05) is 13.7 Å². The lowest BCUT2D eigenvalue weighted by atomic mass is 9.96. The lowest BCUT2D eigenvalue weighted by Crippen LogP contribution is -2.21. The number of rotatable bonds is 8. The average molecular weight is 502 g/mol. The zero-order valence-corrected chi connectivity index (χ0v) is 21.5. The lowest BCUT2D eigenvalue weighted by Gasteiger charge is -2.17. The zero-order valence-electron chi connectivity index (χ0n) is 20.8. The summed E-state index contributed by atoms with van der Waals surface area (Å²) in [5.74, 6) is 2.02. The van der Waals surface area contributed by atoms with Gasteiger partial charge in [-0.3, -0.25) is 4.79 Å². The number of para-hydroxylation sites is 1. The van der Waals surface area contributed by atoms with Crippen molar-refractivity contribution in [3.8, 4) is 22.9 Å². The first-order chi connectivity index (χ1) is 17.3. The summed E-state index contributed by atoms with van der Waals surface area (Å²) in [5, 5.41) is 5.59. The van der Waals surface area contributed by atoms with Crippen LogP contribution in [0.2, 0.25) is 5.02 Å². The third kappa shape index (κ3) is 5.04. The Kier molecular flexibility index (Phi) is 7.55. The Morgan fingerprint density at radius 1 is 1.14 bits per heavy atom. The first-order valence-electron chi connectivity index (χ1n) is 11.6. The Labute approximate surface area is 215 Å². The van der Waals surface area contributed by atoms with E-state index in [2.05, 4.69) is 25.5 Å². The second kappa shape index (κ2) is 10.8. The highest BCUT2D eigenvalue weighted by Gasteiger charge is 2.18. The van der Waals surface area contributed by atoms with E-state index in [4.69, 9.17) is 26.1 Å². The summed E-state index contributed by atoms with van der Waals surface area (Å²) in [4.78, 5) is 18.5. The van der Waals surface area contributed by atoms with Crippen molar-refractivity contribution >= 4 is 28.7 Å². The van der Waals surface area contributed by atoms with Gasteiger partial charge in [-0.25, -0.2) is 4.98 Å². The molecule has 0 bridgehead atoms. The normalized spacial score (nSPS) is 11.4. The highest BCUT2D eigenvalue weighted by molar-refractivity contribution is 6.30. The minimum absolute atomic E-state index is 0.208. The van der Waals surface area contributed by atoms with E-state index in [1.807, 2.05) is 37.3 Å². The molecule has 6 nitrogen and oxygen atoms in total. The van der Waals surface area contributed by atoms with Gasteiger partial charge in [0, 0.05) is 16.1 Å². The second-order valence-electron chi connectivity index (χ2n) is 8.66. The van der Waals surface area contributed by atoms with Crippen LogP contribution in [0.3, 0.4) is 0 Å². The van der Waals surface area contributed by atoms with Crippen molar-refractivity contribution in [2.45, 2.75) is 26.7 Å². The summed E-state index contributed by atoms with van der Waals surface area (Å²) in [5.41, 5.74) is 3.69. The fourth-order valence-electron chi connectivity index (χ4n) is 3.99. The molecular formula is C29H28ClN3O3. The molecule has 1 heterocycles. The predicted molar refractivity (Wildman–Crippen MR) is 147 cm³/mol. The SMILES string of the molecule is C=CCOc1ccc(Cl)cc1C=Nn1c(-c2cc(C(C)C)c(OC)cc2C)nc2ccccc2c1=O. The van der Waals surface area contributed by atoms with Crippen molar-refractivity contribution in [3.05, 3.63) is 99.3 Å². The molecule has 0 fully saturated rings. The standard InChI is InChI=1S/C29H28ClN3O3/c1-6-13-36-26-12-11-21(30)15-20(26)17-31-33-28(32-25-10-8-7-9-22(25)29(33)34)24-16-23(18(2)3)27(35-5)14-19(24)4/h6-12,14-18H,1,13H2,2-5H3. The summed E-state index contributed by atoms with van der Waals surface area (Å²) in [6.45, 7) is 10.2. The molecule has 1 aromatic heterocycles. The Balaban J connectivity index is 1.97. The van der Waals surface area contributed by atoms with Crippen molar-refractivity contribution in [1.29, 1.82) is 0 Å². The minimum atomic E-state index is -0.274. The molecule has 184 valence electrons. The van der Waals surface area contributed by atoms with Gasteiger partial charge in [-0.15, -0.1) is 0 Å². The Morgan fingerprint density at radius 2 is 1.92 bits per heavy atom. The van der Waals surface area contributed by atoms with Gasteiger partial charge in [0.2, 0.25) is 0 Å². The fourth-order valence-corrected chi connectivity index (χ4v) is 4.17. The van der Waals surface area contributed by atoms with Gasteiger partial charge in [0.15, 0.2) is 5.82 Å². The van der Waals surface area contributed by atoms with Gasteiger partial charge in [-0.05, 0) is 66.4 Å². The molecule has 0 unspecified atom stereocenters. The van der Waals surface area contributed by atoms with Crippen LogP contribution in [0.4, 0.5) is 0 Å². The number of aryl methyl sites for hydroxylation is 1. The highest BCUT2D eigenvalue weighted by Crippen LogP contribution is 2.34. The van der Waals surface area contributed by atoms with E-state index in [9.17, 15) is 4.79 Å². The van der Waals surface area contributed by atoms with Gasteiger partial charge in [0.25, 0.3) is 5.56 Å². The van der Waals surface area contributed by atoms with Gasteiger partial charge in [-0.1, -0.05) is 50.2 Å². The topological polar surface area (TPSA) is 65.7 Å². The summed E-state index contributed by atoms with van der Waals surface area (Å²) < 4.78 is 12.7. The maximum atomic E-state index is 13.6. The summed E-state index contributed by atoms with van der Waals surface area (Å²) in [6, 6.07) is 16.5. The largest absolute Gasteiger partial charge is 0.496 e. The molecule has 0 aliphatic carbocycles. The van der Waals surface area contributed by atoms with Crippen LogP contribution >= 0.6 is 11.6 Å². The van der Waals surface area contributed by atoms with Gasteiger partial charge in [-0.2, -0.15) is 9.78 Å². The number of nitrogens with zero attached hydrogens (tertiary/aromatic N) is 3. The Hall–Kier alpha value is -3.90. The van der Waals surface area contributed by atoms with E-state index in [1.165, 1.54) is 4.68 Å². The van der Waals surface area contributed by atoms with Crippen molar-refractivity contribution in [3.63, 3.8) is 0 Å². The van der Waals surface area contributed by atoms with Crippen LogP contribution in [0.5, 0.6) is 11.5 Å². The molecule has 0 amide bonds. The zero-order chi connectivity index (χ0) is 25.8. The number of methoxy groups -OCH3 is 1. The van der Waals surface area contributed by atoms with Crippen LogP contribution in [0.25, 0.3) is 22.3 Å². The summed E-state index contributed by atoms with van der Waals surface area (Å²) in [6.07, 6.45) is 3.22. The fraction of sp³-hybridized carbons (Fsp3) is 0.207. The lowest BCUT2D eigenvalue weighted by molar-refractivity contribution is 0.362. The van der Waals surface area contributed by atoms with Crippen LogP contribution < -0.4 is 15.0 Å². The summed E-state index contributed by atoms with van der Waals surface area (Å²) in [7, 11) is 1.66. The van der Waals surface area contributed by atoms with Crippen LogP contribution in [0, 0.1) is 6.92 Å². The number of fused-ring (bicyclic) bond motifs is 1. The highest BCUT2D eigenvalue weighted by atomic mass is 35.5. The molecule has 4 aromatic rings. The molecule has 0 radical (unpaired) electrons. The number of halogens is 1. The first-order valence-corrected chi connectivity index (χ1v) is 12.0. The number of aromatic nitrogens is 2. The number of benzene rings is 3. The van der Waals surface area contributed by atoms with Gasteiger partial charge in [0.1, 0.15) is 18.1 Å². The number of hydrogen-bond donors (Lipinski definition) is 0.